The molecule has 0 fully saturated rings. The van der Waals surface area contributed by atoms with Crippen molar-refractivity contribution in [3.8, 4) is 0 Å². The normalized spacial score (nSPS) is 17.1. The lowest BCUT2D eigenvalue weighted by atomic mass is 9.83. The molecule has 1 aliphatic rings. The van der Waals surface area contributed by atoms with Crippen molar-refractivity contribution in [2.24, 2.45) is 0 Å². The molecule has 2 aromatic carbocycles. The average molecular weight is 432 g/mol. The van der Waals surface area contributed by atoms with Crippen LogP contribution in [0.15, 0.2) is 59.8 Å². The molecule has 2 aromatic rings. The van der Waals surface area contributed by atoms with E-state index < -0.39 is 11.9 Å². The fourth-order valence-electron chi connectivity index (χ4n) is 3.59. The van der Waals surface area contributed by atoms with Crippen LogP contribution in [-0.2, 0) is 20.9 Å². The van der Waals surface area contributed by atoms with Gasteiger partial charge in [-0.1, -0.05) is 53.5 Å². The molecule has 3 rings (SSSR count). The molecule has 29 heavy (non-hydrogen) atoms. The minimum absolute atomic E-state index is 0.0755. The summed E-state index contributed by atoms with van der Waals surface area (Å²) in [6.45, 7) is 5.72. The monoisotopic (exact) mass is 431 g/mol. The number of rotatable bonds is 5. The second-order valence-corrected chi connectivity index (χ2v) is 8.18. The van der Waals surface area contributed by atoms with Crippen LogP contribution >= 0.6 is 23.2 Å². The van der Waals surface area contributed by atoms with Crippen LogP contribution in [0, 0.1) is 0 Å². The van der Waals surface area contributed by atoms with Crippen LogP contribution in [0.5, 0.6) is 0 Å². The largest absolute Gasteiger partial charge is 0.460 e. The van der Waals surface area contributed by atoms with Gasteiger partial charge in [-0.15, -0.1) is 0 Å². The second-order valence-electron chi connectivity index (χ2n) is 7.34. The zero-order valence-corrected chi connectivity index (χ0v) is 18.1. The topological polar surface area (TPSA) is 46.6 Å². The third kappa shape index (κ3) is 4.82. The first-order valence-electron chi connectivity index (χ1n) is 9.49. The Hall–Kier alpha value is -2.30. The number of ether oxygens (including phenoxy) is 1. The smallest absolute Gasteiger partial charge is 0.336 e. The van der Waals surface area contributed by atoms with E-state index in [2.05, 4.69) is 0 Å². The highest BCUT2D eigenvalue weighted by molar-refractivity contribution is 6.31. The molecule has 4 nitrogen and oxygen atoms in total. The molecular formula is C23H23Cl2NO3. The summed E-state index contributed by atoms with van der Waals surface area (Å²) in [6, 6.07) is 14.6. The number of hydrogen-bond donors (Lipinski definition) is 0. The zero-order valence-electron chi connectivity index (χ0n) is 16.6. The maximum Gasteiger partial charge on any atom is 0.336 e. The molecule has 1 heterocycles. The highest BCUT2D eigenvalue weighted by Gasteiger charge is 2.37. The molecular weight excluding hydrogens is 409 g/mol. The van der Waals surface area contributed by atoms with E-state index in [4.69, 9.17) is 27.9 Å². The van der Waals surface area contributed by atoms with Crippen molar-refractivity contribution in [1.82, 2.24) is 4.90 Å². The standard InChI is InChI=1S/C23H23Cl2NO3/c1-14(2)29-23(28)22-15(3)26(13-16-7-6-8-17(24)11-16)21(27)12-19(22)18-9-4-5-10-20(18)25/h4-11,14,19H,12-13H2,1-3H3/t19-/m0/s1. The van der Waals surface area contributed by atoms with Crippen LogP contribution in [-0.4, -0.2) is 22.9 Å². The first kappa shape index (κ1) is 21.4. The highest BCUT2D eigenvalue weighted by atomic mass is 35.5. The van der Waals surface area contributed by atoms with Crippen molar-refractivity contribution >= 4 is 35.1 Å². The zero-order chi connectivity index (χ0) is 21.1. The van der Waals surface area contributed by atoms with Gasteiger partial charge in [-0.05, 0) is 50.1 Å². The van der Waals surface area contributed by atoms with Gasteiger partial charge in [-0.3, -0.25) is 4.79 Å². The lowest BCUT2D eigenvalue weighted by Crippen LogP contribution is -2.38. The van der Waals surface area contributed by atoms with Gasteiger partial charge >= 0.3 is 5.97 Å². The van der Waals surface area contributed by atoms with Gasteiger partial charge in [-0.25, -0.2) is 4.79 Å². The second kappa shape index (κ2) is 9.02. The van der Waals surface area contributed by atoms with Gasteiger partial charge in [0.15, 0.2) is 0 Å². The van der Waals surface area contributed by atoms with Crippen molar-refractivity contribution in [3.63, 3.8) is 0 Å². The Morgan fingerprint density at radius 2 is 1.90 bits per heavy atom. The molecule has 1 atom stereocenters. The summed E-state index contributed by atoms with van der Waals surface area (Å²) in [7, 11) is 0. The molecule has 0 N–H and O–H groups in total. The van der Waals surface area contributed by atoms with Crippen LogP contribution in [0.2, 0.25) is 10.0 Å². The number of allylic oxidation sites excluding steroid dienone is 1. The highest BCUT2D eigenvalue weighted by Crippen LogP contribution is 2.40. The molecule has 0 unspecified atom stereocenters. The fraction of sp³-hybridized carbons (Fsp3) is 0.304. The Morgan fingerprint density at radius 1 is 1.17 bits per heavy atom. The SMILES string of the molecule is CC1=C(C(=O)OC(C)C)[C@H](c2ccccc2Cl)CC(=O)N1Cc1cccc(Cl)c1. The number of hydrogen-bond acceptors (Lipinski definition) is 3. The Bertz CT molecular complexity index is 968. The average Bonchev–Trinajstić information content (AvgIpc) is 2.64. The molecule has 0 saturated heterocycles. The van der Waals surface area contributed by atoms with E-state index in [1.807, 2.05) is 36.4 Å². The molecule has 0 aliphatic carbocycles. The van der Waals surface area contributed by atoms with Gasteiger partial charge in [-0.2, -0.15) is 0 Å². The van der Waals surface area contributed by atoms with Crippen molar-refractivity contribution in [3.05, 3.63) is 81.0 Å². The first-order chi connectivity index (χ1) is 13.8. The van der Waals surface area contributed by atoms with Crippen LogP contribution in [0.25, 0.3) is 0 Å². The first-order valence-corrected chi connectivity index (χ1v) is 10.2. The van der Waals surface area contributed by atoms with E-state index >= 15 is 0 Å². The number of carbonyl (C=O) groups excluding carboxylic acids is 2. The number of benzene rings is 2. The summed E-state index contributed by atoms with van der Waals surface area (Å²) >= 11 is 12.5. The van der Waals surface area contributed by atoms with Crippen molar-refractivity contribution in [2.45, 2.75) is 45.8 Å². The minimum atomic E-state index is -0.446. The third-order valence-electron chi connectivity index (χ3n) is 4.90. The molecule has 1 amide bonds. The van der Waals surface area contributed by atoms with Gasteiger partial charge in [0.2, 0.25) is 5.91 Å². The van der Waals surface area contributed by atoms with Gasteiger partial charge in [0.05, 0.1) is 18.2 Å². The summed E-state index contributed by atoms with van der Waals surface area (Å²) in [4.78, 5) is 27.7. The summed E-state index contributed by atoms with van der Waals surface area (Å²) in [5.74, 6) is -0.947. The van der Waals surface area contributed by atoms with Crippen molar-refractivity contribution in [1.29, 1.82) is 0 Å². The molecule has 0 bridgehead atoms. The van der Waals surface area contributed by atoms with Crippen LogP contribution in [0.1, 0.15) is 44.2 Å². The number of nitrogens with zero attached hydrogens (tertiary/aromatic N) is 1. The van der Waals surface area contributed by atoms with E-state index in [0.29, 0.717) is 27.9 Å². The summed E-state index contributed by atoms with van der Waals surface area (Å²) in [6.07, 6.45) is -0.127. The molecule has 0 radical (unpaired) electrons. The minimum Gasteiger partial charge on any atom is -0.460 e. The molecule has 0 spiro atoms. The lowest BCUT2D eigenvalue weighted by Gasteiger charge is -2.35. The Labute approximate surface area is 181 Å². The van der Waals surface area contributed by atoms with Crippen molar-refractivity contribution in [2.75, 3.05) is 0 Å². The molecule has 0 aromatic heterocycles. The Kier molecular flexibility index (Phi) is 6.66. The Balaban J connectivity index is 2.06. The molecule has 6 heteroatoms. The quantitative estimate of drug-likeness (QED) is 0.567. The Morgan fingerprint density at radius 3 is 2.55 bits per heavy atom. The van der Waals surface area contributed by atoms with Gasteiger partial charge in [0, 0.05) is 28.1 Å². The number of esters is 1. The van der Waals surface area contributed by atoms with E-state index in [1.165, 1.54) is 0 Å². The summed E-state index contributed by atoms with van der Waals surface area (Å²) in [5, 5.41) is 1.12. The van der Waals surface area contributed by atoms with Crippen LogP contribution < -0.4 is 0 Å². The number of carbonyl (C=O) groups is 2. The van der Waals surface area contributed by atoms with Gasteiger partial charge in [0.25, 0.3) is 0 Å². The van der Waals surface area contributed by atoms with E-state index in [9.17, 15) is 9.59 Å². The molecule has 0 saturated carbocycles. The van der Waals surface area contributed by atoms with E-state index in [-0.39, 0.29) is 18.4 Å². The maximum atomic E-state index is 13.0. The fourth-order valence-corrected chi connectivity index (χ4v) is 4.07. The number of amides is 1. The van der Waals surface area contributed by atoms with Crippen molar-refractivity contribution < 1.29 is 14.3 Å². The van der Waals surface area contributed by atoms with Gasteiger partial charge in [0.1, 0.15) is 0 Å². The third-order valence-corrected chi connectivity index (χ3v) is 5.48. The number of halogens is 2. The van der Waals surface area contributed by atoms with E-state index in [0.717, 1.165) is 11.1 Å². The van der Waals surface area contributed by atoms with Gasteiger partial charge < -0.3 is 9.64 Å². The predicted octanol–water partition coefficient (Wildman–Crippen LogP) is 5.74. The van der Waals surface area contributed by atoms with Crippen LogP contribution in [0.3, 0.4) is 0 Å². The predicted molar refractivity (Wildman–Crippen MR) is 115 cm³/mol. The molecule has 1 aliphatic heterocycles. The summed E-state index contributed by atoms with van der Waals surface area (Å²) in [5.41, 5.74) is 2.68. The lowest BCUT2D eigenvalue weighted by molar-refractivity contribution is -0.143. The van der Waals surface area contributed by atoms with Crippen LogP contribution in [0.4, 0.5) is 0 Å². The summed E-state index contributed by atoms with van der Waals surface area (Å²) < 4.78 is 5.51. The molecule has 152 valence electrons. The maximum absolute atomic E-state index is 13.0. The van der Waals surface area contributed by atoms with E-state index in [1.54, 1.807) is 37.8 Å².